The van der Waals surface area contributed by atoms with E-state index in [1.165, 1.54) is 0 Å². The largest absolute Gasteiger partial charge is 0.481 e. The number of carbonyl (C=O) groups is 2. The van der Waals surface area contributed by atoms with Crippen LogP contribution in [0.2, 0.25) is 0 Å². The summed E-state index contributed by atoms with van der Waals surface area (Å²) >= 11 is 4.47. The van der Waals surface area contributed by atoms with Crippen LogP contribution in [0.25, 0.3) is 0 Å². The van der Waals surface area contributed by atoms with E-state index in [0.717, 1.165) is 22.9 Å². The third-order valence-electron chi connectivity index (χ3n) is 2.68. The number of hydrogen-bond donors (Lipinski definition) is 2. The summed E-state index contributed by atoms with van der Waals surface area (Å²) in [6.07, 6.45) is 1.37. The first-order chi connectivity index (χ1) is 10.1. The van der Waals surface area contributed by atoms with Crippen LogP contribution in [-0.2, 0) is 14.9 Å². The summed E-state index contributed by atoms with van der Waals surface area (Å²) in [5.74, 6) is -1.36. The van der Waals surface area contributed by atoms with Gasteiger partial charge in [0.05, 0.1) is 12.6 Å². The van der Waals surface area contributed by atoms with E-state index in [1.807, 2.05) is 24.3 Å². The number of amides is 1. The number of nitrogens with one attached hydrogen (secondary N) is 1. The van der Waals surface area contributed by atoms with E-state index in [1.54, 1.807) is 6.21 Å². The summed E-state index contributed by atoms with van der Waals surface area (Å²) < 4.78 is 0. The van der Waals surface area contributed by atoms with Gasteiger partial charge >= 0.3 is 5.97 Å². The first kappa shape index (κ1) is 15.7. The van der Waals surface area contributed by atoms with E-state index in [9.17, 15) is 9.59 Å². The number of carboxylic acid groups (broad SMARTS) is 1. The second kappa shape index (κ2) is 7.37. The van der Waals surface area contributed by atoms with Gasteiger partial charge in [-0.3, -0.25) is 9.59 Å². The maximum absolute atomic E-state index is 11.5. The minimum absolute atomic E-state index is 0.231. The van der Waals surface area contributed by atoms with E-state index in [0.29, 0.717) is 10.5 Å². The van der Waals surface area contributed by atoms with Gasteiger partial charge in [-0.15, -0.1) is 5.10 Å². The second-order valence-corrected chi connectivity index (χ2v) is 5.93. The molecule has 1 aromatic carbocycles. The van der Waals surface area contributed by atoms with Gasteiger partial charge in [-0.1, -0.05) is 52.0 Å². The second-order valence-electron chi connectivity index (χ2n) is 4.18. The Labute approximate surface area is 133 Å². The summed E-state index contributed by atoms with van der Waals surface area (Å²) in [7, 11) is 0. The molecule has 6 nitrogen and oxygen atoms in total. The van der Waals surface area contributed by atoms with Gasteiger partial charge in [-0.2, -0.15) is 5.10 Å². The average molecular weight is 370 g/mol. The number of nitrogens with zero attached hydrogens (tertiary/aromatic N) is 2. The van der Waals surface area contributed by atoms with Crippen LogP contribution in [-0.4, -0.2) is 33.6 Å². The Morgan fingerprint density at radius 3 is 2.95 bits per heavy atom. The summed E-state index contributed by atoms with van der Waals surface area (Å²) in [6.45, 7) is 0. The maximum atomic E-state index is 11.5. The van der Waals surface area contributed by atoms with Crippen LogP contribution in [0.4, 0.5) is 0 Å². The number of alkyl halides is 1. The Hall–Kier alpha value is -1.67. The predicted molar refractivity (Wildman–Crippen MR) is 85.9 cm³/mol. The lowest BCUT2D eigenvalue weighted by atomic mass is 10.1. The molecular formula is C13H12BrN3O3S. The first-order valence-corrected chi connectivity index (χ1v) is 8.04. The highest BCUT2D eigenvalue weighted by Gasteiger charge is 2.32. The van der Waals surface area contributed by atoms with E-state index < -0.39 is 11.2 Å². The maximum Gasteiger partial charge on any atom is 0.305 e. The van der Waals surface area contributed by atoms with Gasteiger partial charge in [0, 0.05) is 5.33 Å². The highest BCUT2D eigenvalue weighted by molar-refractivity contribution is 9.08. The average Bonchev–Trinajstić information content (AvgIpc) is 2.79. The number of hydrogen-bond acceptors (Lipinski definition) is 5. The van der Waals surface area contributed by atoms with Crippen LogP contribution in [0.15, 0.2) is 34.5 Å². The molecule has 1 saturated heterocycles. The van der Waals surface area contributed by atoms with Gasteiger partial charge in [-0.05, 0) is 11.1 Å². The fourth-order valence-electron chi connectivity index (χ4n) is 1.67. The fraction of sp³-hybridized carbons (Fsp3) is 0.231. The minimum atomic E-state index is -1.02. The van der Waals surface area contributed by atoms with Gasteiger partial charge in [-0.25, -0.2) is 0 Å². The zero-order valence-corrected chi connectivity index (χ0v) is 13.2. The molecule has 0 radical (unpaired) electrons. The van der Waals surface area contributed by atoms with Crippen molar-refractivity contribution in [1.29, 1.82) is 0 Å². The minimum Gasteiger partial charge on any atom is -0.481 e. The number of carboxylic acids is 1. The van der Waals surface area contributed by atoms with Gasteiger partial charge in [0.2, 0.25) is 5.91 Å². The summed E-state index contributed by atoms with van der Waals surface area (Å²) in [4.78, 5) is 22.1. The number of thioether (sulfide) groups is 1. The van der Waals surface area contributed by atoms with Crippen LogP contribution < -0.4 is 5.32 Å². The molecule has 1 aromatic rings. The van der Waals surface area contributed by atoms with Gasteiger partial charge in [0.25, 0.3) is 0 Å². The van der Waals surface area contributed by atoms with Crippen molar-refractivity contribution in [2.24, 2.45) is 10.2 Å². The zero-order valence-electron chi connectivity index (χ0n) is 10.8. The lowest BCUT2D eigenvalue weighted by Crippen LogP contribution is -2.26. The number of halogens is 1. The molecule has 110 valence electrons. The van der Waals surface area contributed by atoms with E-state index in [-0.39, 0.29) is 12.3 Å². The lowest BCUT2D eigenvalue weighted by Gasteiger charge is -1.99. The van der Waals surface area contributed by atoms with Crippen molar-refractivity contribution in [3.05, 3.63) is 35.4 Å². The van der Waals surface area contributed by atoms with E-state index in [4.69, 9.17) is 5.11 Å². The van der Waals surface area contributed by atoms with Crippen molar-refractivity contribution < 1.29 is 14.7 Å². The molecule has 0 aliphatic carbocycles. The number of benzene rings is 1. The standard InChI is InChI=1S/C13H12BrN3O3S/c14-6-8-3-1-2-4-9(8)7-15-17-13-16-12(20)10(21-13)5-11(18)19/h1-4,7,10H,5-6H2,(H,18,19)(H,16,17,20). The smallest absolute Gasteiger partial charge is 0.305 e. The molecule has 2 N–H and O–H groups in total. The fourth-order valence-corrected chi connectivity index (χ4v) is 3.10. The Morgan fingerprint density at radius 2 is 2.24 bits per heavy atom. The summed E-state index contributed by atoms with van der Waals surface area (Å²) in [6, 6.07) is 7.71. The summed E-state index contributed by atoms with van der Waals surface area (Å²) in [5, 5.41) is 19.4. The molecule has 8 heteroatoms. The van der Waals surface area contributed by atoms with Gasteiger partial charge in [0.15, 0.2) is 5.17 Å². The summed E-state index contributed by atoms with van der Waals surface area (Å²) in [5.41, 5.74) is 2.00. The first-order valence-electron chi connectivity index (χ1n) is 6.04. The molecule has 2 rings (SSSR count). The normalized spacial score (nSPS) is 20.1. The van der Waals surface area contributed by atoms with Crippen molar-refractivity contribution in [2.45, 2.75) is 17.0 Å². The Morgan fingerprint density at radius 1 is 1.48 bits per heavy atom. The number of aliphatic carboxylic acids is 1. The van der Waals surface area contributed by atoms with Crippen molar-refractivity contribution in [1.82, 2.24) is 5.32 Å². The number of amidine groups is 1. The predicted octanol–water partition coefficient (Wildman–Crippen LogP) is 1.98. The molecule has 1 aliphatic heterocycles. The third kappa shape index (κ3) is 4.40. The highest BCUT2D eigenvalue weighted by atomic mass is 79.9. The van der Waals surface area contributed by atoms with E-state index >= 15 is 0 Å². The van der Waals surface area contributed by atoms with Crippen LogP contribution in [0.1, 0.15) is 17.5 Å². The molecule has 1 amide bonds. The van der Waals surface area contributed by atoms with Gasteiger partial charge in [0.1, 0.15) is 5.25 Å². The molecule has 21 heavy (non-hydrogen) atoms. The van der Waals surface area contributed by atoms with E-state index in [2.05, 4.69) is 31.4 Å². The van der Waals surface area contributed by atoms with Crippen LogP contribution in [0, 0.1) is 0 Å². The Balaban J connectivity index is 2.03. The zero-order chi connectivity index (χ0) is 15.2. The van der Waals surface area contributed by atoms with Crippen LogP contribution in [0.3, 0.4) is 0 Å². The van der Waals surface area contributed by atoms with Crippen molar-refractivity contribution in [3.8, 4) is 0 Å². The third-order valence-corrected chi connectivity index (χ3v) is 4.36. The SMILES string of the molecule is O=C(O)CC1SC(=NN=Cc2ccccc2CBr)NC1=O. The number of rotatable bonds is 5. The molecule has 0 aromatic heterocycles. The van der Waals surface area contributed by atoms with Crippen LogP contribution >= 0.6 is 27.7 Å². The number of carbonyl (C=O) groups excluding carboxylic acids is 1. The van der Waals surface area contributed by atoms with Crippen molar-refractivity contribution in [3.63, 3.8) is 0 Å². The highest BCUT2D eigenvalue weighted by Crippen LogP contribution is 2.22. The molecular weight excluding hydrogens is 358 g/mol. The quantitative estimate of drug-likeness (QED) is 0.471. The molecule has 0 saturated carbocycles. The van der Waals surface area contributed by atoms with Gasteiger partial charge < -0.3 is 10.4 Å². The Bertz CT molecular complexity index is 618. The lowest BCUT2D eigenvalue weighted by molar-refractivity contribution is -0.138. The molecule has 1 unspecified atom stereocenters. The molecule has 1 atom stereocenters. The molecule has 1 heterocycles. The van der Waals surface area contributed by atoms with Crippen LogP contribution in [0.5, 0.6) is 0 Å². The molecule has 0 bridgehead atoms. The topological polar surface area (TPSA) is 91.1 Å². The Kier molecular flexibility index (Phi) is 5.51. The monoisotopic (exact) mass is 369 g/mol. The van der Waals surface area contributed by atoms with Crippen molar-refractivity contribution >= 4 is 51.0 Å². The molecule has 1 fully saturated rings. The molecule has 0 spiro atoms. The van der Waals surface area contributed by atoms with Crippen molar-refractivity contribution in [2.75, 3.05) is 0 Å². The molecule has 1 aliphatic rings.